The minimum absolute atomic E-state index is 0.0866. The predicted octanol–water partition coefficient (Wildman–Crippen LogP) is 1.91. The van der Waals surface area contributed by atoms with Crippen molar-refractivity contribution in [1.29, 1.82) is 0 Å². The molecule has 20 heavy (non-hydrogen) atoms. The van der Waals surface area contributed by atoms with Crippen LogP contribution in [0.25, 0.3) is 0 Å². The van der Waals surface area contributed by atoms with Crippen molar-refractivity contribution < 1.29 is 24.2 Å². The minimum atomic E-state index is -1.04. The fourth-order valence-corrected chi connectivity index (χ4v) is 1.56. The Morgan fingerprint density at radius 2 is 2.10 bits per heavy atom. The number of amides is 1. The molecule has 0 bridgehead atoms. The van der Waals surface area contributed by atoms with Gasteiger partial charge in [-0.25, -0.2) is 4.79 Å². The Kier molecular flexibility index (Phi) is 7.13. The lowest BCUT2D eigenvalue weighted by Crippen LogP contribution is -2.12. The zero-order valence-electron chi connectivity index (χ0n) is 11.4. The average Bonchev–Trinajstić information content (AvgIpc) is 2.42. The summed E-state index contributed by atoms with van der Waals surface area (Å²) >= 11 is 0. The Balaban J connectivity index is 2.40. The maximum atomic E-state index is 11.7. The van der Waals surface area contributed by atoms with E-state index in [0.29, 0.717) is 24.5 Å². The second-order valence-corrected chi connectivity index (χ2v) is 4.21. The number of anilines is 1. The molecule has 0 saturated heterocycles. The third kappa shape index (κ3) is 6.75. The van der Waals surface area contributed by atoms with Gasteiger partial charge in [-0.2, -0.15) is 0 Å². The molecule has 0 saturated carbocycles. The van der Waals surface area contributed by atoms with E-state index in [-0.39, 0.29) is 5.91 Å². The summed E-state index contributed by atoms with van der Waals surface area (Å²) in [6.07, 6.45) is 2.02. The third-order valence-electron chi connectivity index (χ3n) is 2.48. The number of carboxylic acid groups (broad SMARTS) is 1. The van der Waals surface area contributed by atoms with Crippen molar-refractivity contribution in [2.45, 2.75) is 19.3 Å². The van der Waals surface area contributed by atoms with Crippen molar-refractivity contribution in [3.63, 3.8) is 0 Å². The molecule has 110 valence electrons. The molecule has 6 nitrogen and oxygen atoms in total. The SMILES string of the molecule is COCCCCC(=O)Nc1cccc(OCC(=O)O)c1. The summed E-state index contributed by atoms with van der Waals surface area (Å²) in [7, 11) is 1.63. The summed E-state index contributed by atoms with van der Waals surface area (Å²) in [4.78, 5) is 22.1. The lowest BCUT2D eigenvalue weighted by Gasteiger charge is -2.08. The number of carboxylic acids is 1. The maximum absolute atomic E-state index is 11.7. The average molecular weight is 281 g/mol. The highest BCUT2D eigenvalue weighted by Gasteiger charge is 2.04. The number of hydrogen-bond acceptors (Lipinski definition) is 4. The summed E-state index contributed by atoms with van der Waals surface area (Å²) in [5.41, 5.74) is 0.588. The van der Waals surface area contributed by atoms with Crippen LogP contribution in [0.5, 0.6) is 5.75 Å². The van der Waals surface area contributed by atoms with Crippen molar-refractivity contribution >= 4 is 17.6 Å². The van der Waals surface area contributed by atoms with Gasteiger partial charge in [0, 0.05) is 31.9 Å². The zero-order chi connectivity index (χ0) is 14.8. The number of carbonyl (C=O) groups is 2. The number of benzene rings is 1. The van der Waals surface area contributed by atoms with Gasteiger partial charge in [0.15, 0.2) is 6.61 Å². The number of rotatable bonds is 9. The van der Waals surface area contributed by atoms with E-state index in [9.17, 15) is 9.59 Å². The molecule has 1 aromatic rings. The van der Waals surface area contributed by atoms with Crippen LogP contribution in [0.3, 0.4) is 0 Å². The molecule has 0 aliphatic carbocycles. The van der Waals surface area contributed by atoms with Crippen LogP contribution in [-0.2, 0) is 14.3 Å². The lowest BCUT2D eigenvalue weighted by atomic mass is 10.2. The first-order valence-corrected chi connectivity index (χ1v) is 6.35. The van der Waals surface area contributed by atoms with E-state index in [0.717, 1.165) is 12.8 Å². The van der Waals surface area contributed by atoms with Gasteiger partial charge in [0.2, 0.25) is 5.91 Å². The van der Waals surface area contributed by atoms with Gasteiger partial charge in [0.1, 0.15) is 5.75 Å². The van der Waals surface area contributed by atoms with Crippen LogP contribution in [0.1, 0.15) is 19.3 Å². The molecule has 0 aliphatic heterocycles. The Morgan fingerprint density at radius 1 is 1.30 bits per heavy atom. The highest BCUT2D eigenvalue weighted by Crippen LogP contribution is 2.17. The molecule has 1 aromatic carbocycles. The summed E-state index contributed by atoms with van der Waals surface area (Å²) in [6.45, 7) is 0.236. The van der Waals surface area contributed by atoms with Crippen LogP contribution in [0.15, 0.2) is 24.3 Å². The van der Waals surface area contributed by atoms with E-state index in [1.807, 2.05) is 0 Å². The van der Waals surface area contributed by atoms with E-state index < -0.39 is 12.6 Å². The summed E-state index contributed by atoms with van der Waals surface area (Å²) in [5, 5.41) is 11.3. The van der Waals surface area contributed by atoms with Gasteiger partial charge < -0.3 is 19.9 Å². The highest BCUT2D eigenvalue weighted by atomic mass is 16.5. The van der Waals surface area contributed by atoms with Crippen molar-refractivity contribution in [2.75, 3.05) is 25.6 Å². The standard InChI is InChI=1S/C14H19NO5/c1-19-8-3-2-7-13(16)15-11-5-4-6-12(9-11)20-10-14(17)18/h4-6,9H,2-3,7-8,10H2,1H3,(H,15,16)(H,17,18). The van der Waals surface area contributed by atoms with E-state index >= 15 is 0 Å². The Morgan fingerprint density at radius 3 is 2.80 bits per heavy atom. The molecule has 6 heteroatoms. The summed E-state index contributed by atoms with van der Waals surface area (Å²) in [5.74, 6) is -0.723. The minimum Gasteiger partial charge on any atom is -0.482 e. The number of methoxy groups -OCH3 is 1. The molecule has 0 aliphatic rings. The van der Waals surface area contributed by atoms with Crippen LogP contribution >= 0.6 is 0 Å². The van der Waals surface area contributed by atoms with Gasteiger partial charge in [0.05, 0.1) is 0 Å². The van der Waals surface area contributed by atoms with Crippen molar-refractivity contribution in [1.82, 2.24) is 0 Å². The lowest BCUT2D eigenvalue weighted by molar-refractivity contribution is -0.139. The number of nitrogens with one attached hydrogen (secondary N) is 1. The van der Waals surface area contributed by atoms with Gasteiger partial charge in [-0.3, -0.25) is 4.79 Å². The van der Waals surface area contributed by atoms with Crippen LogP contribution in [0.4, 0.5) is 5.69 Å². The highest BCUT2D eigenvalue weighted by molar-refractivity contribution is 5.90. The second kappa shape index (κ2) is 8.92. The van der Waals surface area contributed by atoms with Gasteiger partial charge in [-0.05, 0) is 25.0 Å². The van der Waals surface area contributed by atoms with E-state index in [1.165, 1.54) is 0 Å². The molecule has 0 heterocycles. The molecule has 1 rings (SSSR count). The molecule has 1 amide bonds. The van der Waals surface area contributed by atoms with Gasteiger partial charge in [-0.1, -0.05) is 6.07 Å². The first kappa shape index (κ1) is 16.0. The molecule has 0 spiro atoms. The van der Waals surface area contributed by atoms with Gasteiger partial charge in [-0.15, -0.1) is 0 Å². The molecule has 0 fully saturated rings. The number of hydrogen-bond donors (Lipinski definition) is 2. The summed E-state index contributed by atoms with van der Waals surface area (Å²) in [6, 6.07) is 6.64. The molecular weight excluding hydrogens is 262 g/mol. The van der Waals surface area contributed by atoms with Crippen molar-refractivity contribution in [2.24, 2.45) is 0 Å². The van der Waals surface area contributed by atoms with Crippen molar-refractivity contribution in [3.05, 3.63) is 24.3 Å². The summed E-state index contributed by atoms with van der Waals surface area (Å²) < 4.78 is 9.94. The Hall–Kier alpha value is -2.08. The molecular formula is C14H19NO5. The van der Waals surface area contributed by atoms with Crippen molar-refractivity contribution in [3.8, 4) is 5.75 Å². The van der Waals surface area contributed by atoms with E-state index in [1.54, 1.807) is 31.4 Å². The normalized spacial score (nSPS) is 10.1. The first-order chi connectivity index (χ1) is 9.61. The quantitative estimate of drug-likeness (QED) is 0.675. The van der Waals surface area contributed by atoms with Crippen LogP contribution < -0.4 is 10.1 Å². The largest absolute Gasteiger partial charge is 0.482 e. The monoisotopic (exact) mass is 281 g/mol. The van der Waals surface area contributed by atoms with Crippen LogP contribution in [0, 0.1) is 0 Å². The fourth-order valence-electron chi connectivity index (χ4n) is 1.56. The first-order valence-electron chi connectivity index (χ1n) is 6.35. The van der Waals surface area contributed by atoms with Crippen LogP contribution in [-0.4, -0.2) is 37.3 Å². The molecule has 0 atom stereocenters. The molecule has 0 aromatic heterocycles. The van der Waals surface area contributed by atoms with Gasteiger partial charge >= 0.3 is 5.97 Å². The third-order valence-corrected chi connectivity index (χ3v) is 2.48. The van der Waals surface area contributed by atoms with E-state index in [4.69, 9.17) is 14.6 Å². The fraction of sp³-hybridized carbons (Fsp3) is 0.429. The number of unbranched alkanes of at least 4 members (excludes halogenated alkanes) is 1. The van der Waals surface area contributed by atoms with E-state index in [2.05, 4.69) is 5.32 Å². The number of ether oxygens (including phenoxy) is 2. The van der Waals surface area contributed by atoms with Gasteiger partial charge in [0.25, 0.3) is 0 Å². The zero-order valence-corrected chi connectivity index (χ0v) is 11.4. The second-order valence-electron chi connectivity index (χ2n) is 4.21. The molecule has 2 N–H and O–H groups in total. The number of carbonyl (C=O) groups excluding carboxylic acids is 1. The topological polar surface area (TPSA) is 84.9 Å². The number of aliphatic carboxylic acids is 1. The Labute approximate surface area is 117 Å². The smallest absolute Gasteiger partial charge is 0.341 e. The molecule has 0 unspecified atom stereocenters. The van der Waals surface area contributed by atoms with Crippen LogP contribution in [0.2, 0.25) is 0 Å². The maximum Gasteiger partial charge on any atom is 0.341 e. The Bertz CT molecular complexity index is 447. The predicted molar refractivity (Wildman–Crippen MR) is 73.9 cm³/mol. The molecule has 0 radical (unpaired) electrons.